The maximum Gasteiger partial charge on any atom is 0.0370 e. The highest BCUT2D eigenvalue weighted by Crippen LogP contribution is 2.19. The van der Waals surface area contributed by atoms with E-state index in [1.54, 1.807) is 0 Å². The highest BCUT2D eigenvalue weighted by atomic mass is 15.1. The molecule has 0 saturated carbocycles. The maximum atomic E-state index is 3.58. The normalized spacial score (nSPS) is 20.9. The summed E-state index contributed by atoms with van der Waals surface area (Å²) in [5.41, 5.74) is 3.98. The van der Waals surface area contributed by atoms with Crippen molar-refractivity contribution in [3.63, 3.8) is 0 Å². The van der Waals surface area contributed by atoms with Crippen LogP contribution in [0.2, 0.25) is 0 Å². The summed E-state index contributed by atoms with van der Waals surface area (Å²) in [4.78, 5) is 2.52. The van der Waals surface area contributed by atoms with Gasteiger partial charge >= 0.3 is 0 Å². The summed E-state index contributed by atoms with van der Waals surface area (Å²) in [5, 5.41) is 3.58. The summed E-state index contributed by atoms with van der Waals surface area (Å²) in [6, 6.07) is 7.41. The van der Waals surface area contributed by atoms with Gasteiger partial charge in [0.05, 0.1) is 0 Å². The fraction of sp³-hybridized carbons (Fsp3) is 0.625. The lowest BCUT2D eigenvalue weighted by Gasteiger charge is -2.32. The van der Waals surface area contributed by atoms with Gasteiger partial charge in [0.15, 0.2) is 0 Å². The van der Waals surface area contributed by atoms with Crippen molar-refractivity contribution >= 4 is 5.69 Å². The average Bonchev–Trinajstić information content (AvgIpc) is 2.34. The van der Waals surface area contributed by atoms with Crippen LogP contribution in [0.15, 0.2) is 18.2 Å². The van der Waals surface area contributed by atoms with Crippen molar-refractivity contribution in [1.29, 1.82) is 0 Å². The quantitative estimate of drug-likeness (QED) is 0.873. The van der Waals surface area contributed by atoms with E-state index in [2.05, 4.69) is 49.3 Å². The van der Waals surface area contributed by atoms with Gasteiger partial charge in [-0.3, -0.25) is 0 Å². The molecule has 1 aliphatic rings. The molecule has 1 unspecified atom stereocenters. The molecular weight excluding hydrogens is 220 g/mol. The molecule has 1 aliphatic heterocycles. The monoisotopic (exact) mass is 246 g/mol. The SMILES string of the molecule is Cc1ccc(NCCC2CCCCN2C)c(C)c1. The lowest BCUT2D eigenvalue weighted by molar-refractivity contribution is 0.179. The van der Waals surface area contributed by atoms with E-state index in [1.165, 1.54) is 49.0 Å². The van der Waals surface area contributed by atoms with Crippen molar-refractivity contribution in [1.82, 2.24) is 4.90 Å². The Labute approximate surface area is 111 Å². The Bertz CT molecular complexity index is 387. The first-order valence-electron chi connectivity index (χ1n) is 7.18. The molecule has 1 heterocycles. The fourth-order valence-corrected chi connectivity index (χ4v) is 2.89. The van der Waals surface area contributed by atoms with Crippen molar-refractivity contribution in [3.8, 4) is 0 Å². The fourth-order valence-electron chi connectivity index (χ4n) is 2.89. The predicted molar refractivity (Wildman–Crippen MR) is 79.3 cm³/mol. The summed E-state index contributed by atoms with van der Waals surface area (Å²) in [5.74, 6) is 0. The summed E-state index contributed by atoms with van der Waals surface area (Å²) in [7, 11) is 2.26. The van der Waals surface area contributed by atoms with Gasteiger partial charge in [0.25, 0.3) is 0 Å². The first kappa shape index (κ1) is 13.4. The number of nitrogens with zero attached hydrogens (tertiary/aromatic N) is 1. The van der Waals surface area contributed by atoms with Crippen molar-refractivity contribution in [2.75, 3.05) is 25.5 Å². The van der Waals surface area contributed by atoms with Gasteiger partial charge in [-0.2, -0.15) is 0 Å². The summed E-state index contributed by atoms with van der Waals surface area (Å²) in [6.45, 7) is 6.68. The van der Waals surface area contributed by atoms with Crippen LogP contribution in [0.4, 0.5) is 5.69 Å². The van der Waals surface area contributed by atoms with Crippen LogP contribution in [0.3, 0.4) is 0 Å². The van der Waals surface area contributed by atoms with Crippen LogP contribution in [0, 0.1) is 13.8 Å². The van der Waals surface area contributed by atoms with Gasteiger partial charge in [-0.15, -0.1) is 0 Å². The average molecular weight is 246 g/mol. The number of piperidine rings is 1. The Morgan fingerprint density at radius 2 is 2.11 bits per heavy atom. The Balaban J connectivity index is 1.81. The largest absolute Gasteiger partial charge is 0.385 e. The van der Waals surface area contributed by atoms with Gasteiger partial charge in [0.2, 0.25) is 0 Å². The summed E-state index contributed by atoms with van der Waals surface area (Å²) in [6.07, 6.45) is 5.39. The van der Waals surface area contributed by atoms with E-state index in [0.717, 1.165) is 12.6 Å². The molecule has 1 aromatic rings. The van der Waals surface area contributed by atoms with E-state index in [4.69, 9.17) is 0 Å². The first-order chi connectivity index (χ1) is 8.66. The molecule has 0 radical (unpaired) electrons. The van der Waals surface area contributed by atoms with Gasteiger partial charge in [0.1, 0.15) is 0 Å². The van der Waals surface area contributed by atoms with Crippen LogP contribution in [-0.2, 0) is 0 Å². The third-order valence-corrected chi connectivity index (χ3v) is 4.10. The summed E-state index contributed by atoms with van der Waals surface area (Å²) >= 11 is 0. The lowest BCUT2D eigenvalue weighted by atomic mass is 10.00. The van der Waals surface area contributed by atoms with E-state index >= 15 is 0 Å². The minimum Gasteiger partial charge on any atom is -0.385 e. The molecule has 0 amide bonds. The third-order valence-electron chi connectivity index (χ3n) is 4.10. The molecule has 0 aromatic heterocycles. The van der Waals surface area contributed by atoms with Crippen LogP contribution in [0.25, 0.3) is 0 Å². The number of likely N-dealkylation sites (tertiary alicyclic amines) is 1. The minimum atomic E-state index is 0.775. The zero-order valence-corrected chi connectivity index (χ0v) is 12.0. The Morgan fingerprint density at radius 3 is 2.83 bits per heavy atom. The Kier molecular flexibility index (Phi) is 4.65. The number of anilines is 1. The van der Waals surface area contributed by atoms with Crippen molar-refractivity contribution in [3.05, 3.63) is 29.3 Å². The Morgan fingerprint density at radius 1 is 1.28 bits per heavy atom. The van der Waals surface area contributed by atoms with Crippen molar-refractivity contribution in [2.24, 2.45) is 0 Å². The molecule has 0 aliphatic carbocycles. The van der Waals surface area contributed by atoms with Crippen molar-refractivity contribution < 1.29 is 0 Å². The molecule has 0 spiro atoms. The molecule has 1 saturated heterocycles. The molecule has 2 nitrogen and oxygen atoms in total. The van der Waals surface area contributed by atoms with E-state index in [1.807, 2.05) is 0 Å². The molecule has 2 rings (SSSR count). The highest BCUT2D eigenvalue weighted by molar-refractivity contribution is 5.51. The van der Waals surface area contributed by atoms with Gasteiger partial charge < -0.3 is 10.2 Å². The molecule has 1 N–H and O–H groups in total. The zero-order chi connectivity index (χ0) is 13.0. The minimum absolute atomic E-state index is 0.775. The molecule has 18 heavy (non-hydrogen) atoms. The van der Waals surface area contributed by atoms with Crippen LogP contribution < -0.4 is 5.32 Å². The van der Waals surface area contributed by atoms with Crippen LogP contribution in [0.1, 0.15) is 36.8 Å². The second-order valence-corrected chi connectivity index (χ2v) is 5.66. The molecule has 1 atom stereocenters. The first-order valence-corrected chi connectivity index (χ1v) is 7.18. The standard InChI is InChI=1S/C16H26N2/c1-13-7-8-16(14(2)12-13)17-10-9-15-6-4-5-11-18(15)3/h7-8,12,15,17H,4-6,9-11H2,1-3H3. The number of hydrogen-bond donors (Lipinski definition) is 1. The highest BCUT2D eigenvalue weighted by Gasteiger charge is 2.17. The number of aryl methyl sites for hydroxylation is 2. The van der Waals surface area contributed by atoms with Gasteiger partial charge in [-0.25, -0.2) is 0 Å². The summed E-state index contributed by atoms with van der Waals surface area (Å²) < 4.78 is 0. The van der Waals surface area contributed by atoms with Crippen LogP contribution in [0.5, 0.6) is 0 Å². The van der Waals surface area contributed by atoms with E-state index in [0.29, 0.717) is 0 Å². The van der Waals surface area contributed by atoms with Gasteiger partial charge in [-0.1, -0.05) is 24.1 Å². The maximum absolute atomic E-state index is 3.58. The number of rotatable bonds is 4. The topological polar surface area (TPSA) is 15.3 Å². The van der Waals surface area contributed by atoms with E-state index in [-0.39, 0.29) is 0 Å². The second-order valence-electron chi connectivity index (χ2n) is 5.66. The van der Waals surface area contributed by atoms with Gasteiger partial charge in [0, 0.05) is 18.3 Å². The molecule has 0 bridgehead atoms. The second kappa shape index (κ2) is 6.24. The third kappa shape index (κ3) is 3.49. The number of nitrogens with one attached hydrogen (secondary N) is 1. The Hall–Kier alpha value is -1.02. The predicted octanol–water partition coefficient (Wildman–Crippen LogP) is 3.59. The lowest BCUT2D eigenvalue weighted by Crippen LogP contribution is -2.37. The molecule has 2 heteroatoms. The number of benzene rings is 1. The molecule has 1 fully saturated rings. The zero-order valence-electron chi connectivity index (χ0n) is 12.0. The molecule has 100 valence electrons. The van der Waals surface area contributed by atoms with Gasteiger partial charge in [-0.05, 0) is 58.3 Å². The number of hydrogen-bond acceptors (Lipinski definition) is 2. The van der Waals surface area contributed by atoms with Crippen LogP contribution >= 0.6 is 0 Å². The van der Waals surface area contributed by atoms with Crippen LogP contribution in [-0.4, -0.2) is 31.1 Å². The molecular formula is C16H26N2. The molecule has 1 aromatic carbocycles. The smallest absolute Gasteiger partial charge is 0.0370 e. The van der Waals surface area contributed by atoms with Crippen molar-refractivity contribution in [2.45, 2.75) is 45.6 Å². The van der Waals surface area contributed by atoms with E-state index in [9.17, 15) is 0 Å². The van der Waals surface area contributed by atoms with E-state index < -0.39 is 0 Å².